The van der Waals surface area contributed by atoms with Gasteiger partial charge in [-0.25, -0.2) is 4.39 Å². The number of carboxylic acids is 1. The molecule has 0 saturated heterocycles. The van der Waals surface area contributed by atoms with Crippen LogP contribution in [0.15, 0.2) is 66.3 Å². The number of hydrogen-bond donors (Lipinski definition) is 3. The van der Waals surface area contributed by atoms with Gasteiger partial charge in [-0.05, 0) is 42.2 Å². The molecule has 3 N–H and O–H groups in total. The van der Waals surface area contributed by atoms with Gasteiger partial charge in [0.25, 0.3) is 0 Å². The van der Waals surface area contributed by atoms with Gasteiger partial charge in [-0.15, -0.1) is 0 Å². The number of fused-ring (bicyclic) bond motifs is 1. The molecule has 2 atom stereocenters. The van der Waals surface area contributed by atoms with Crippen molar-refractivity contribution in [3.05, 3.63) is 83.2 Å². The summed E-state index contributed by atoms with van der Waals surface area (Å²) in [5.74, 6) is -0.708. The Morgan fingerprint density at radius 1 is 1.09 bits per heavy atom. The second-order valence-corrected chi connectivity index (χ2v) is 8.01. The second-order valence-electron chi connectivity index (χ2n) is 8.01. The third kappa shape index (κ3) is 6.34. The quantitative estimate of drug-likeness (QED) is 0.487. The van der Waals surface area contributed by atoms with Gasteiger partial charge in [-0.2, -0.15) is 0 Å². The molecule has 0 bridgehead atoms. The summed E-state index contributed by atoms with van der Waals surface area (Å²) in [4.78, 5) is 10.8. The van der Waals surface area contributed by atoms with Crippen LogP contribution in [0, 0.1) is 5.82 Å². The predicted octanol–water partition coefficient (Wildman–Crippen LogP) is 4.07. The Hall–Kier alpha value is -1.96. The third-order valence-corrected chi connectivity index (χ3v) is 5.91. The van der Waals surface area contributed by atoms with Crippen LogP contribution < -0.4 is 4.74 Å². The molecule has 0 aromatic heterocycles. The molecule has 0 radical (unpaired) electrons. The molecule has 0 unspecified atom stereocenters. The van der Waals surface area contributed by atoms with E-state index in [1.165, 1.54) is 12.1 Å². The zero-order valence-electron chi connectivity index (χ0n) is 18.3. The Kier molecular flexibility index (Phi) is 9.88. The molecule has 0 saturated carbocycles. The minimum atomic E-state index is -1.15. The van der Waals surface area contributed by atoms with E-state index >= 15 is 0 Å². The maximum absolute atomic E-state index is 13.6. The summed E-state index contributed by atoms with van der Waals surface area (Å²) < 4.78 is 20.1. The summed E-state index contributed by atoms with van der Waals surface area (Å²) in [5, 5.41) is 29.1. The average Bonchev–Trinajstić information content (AvgIpc) is 2.76. The van der Waals surface area contributed by atoms with Crippen molar-refractivity contribution < 1.29 is 29.2 Å². The number of carboxylic acid groups (broad SMARTS) is 1. The van der Waals surface area contributed by atoms with Gasteiger partial charge in [0, 0.05) is 17.6 Å². The van der Waals surface area contributed by atoms with Gasteiger partial charge >= 0.3 is 35.5 Å². The molecule has 1 heterocycles. The number of halogens is 1. The van der Waals surface area contributed by atoms with Gasteiger partial charge in [0.2, 0.25) is 0 Å². The molecule has 33 heavy (non-hydrogen) atoms. The van der Waals surface area contributed by atoms with E-state index in [0.717, 1.165) is 28.0 Å². The maximum atomic E-state index is 13.6. The van der Waals surface area contributed by atoms with E-state index in [4.69, 9.17) is 9.84 Å². The first-order valence-electron chi connectivity index (χ1n) is 10.8. The molecule has 3 rings (SSSR count). The van der Waals surface area contributed by atoms with Crippen LogP contribution in [0.1, 0.15) is 50.7 Å². The van der Waals surface area contributed by atoms with E-state index < -0.39 is 30.2 Å². The zero-order chi connectivity index (χ0) is 23.3. The summed E-state index contributed by atoms with van der Waals surface area (Å²) >= 11 is 0. The summed E-state index contributed by atoms with van der Waals surface area (Å²) in [5.41, 5.74) is 2.78. The molecule has 7 heteroatoms. The first-order chi connectivity index (χ1) is 15.3. The topological polar surface area (TPSA) is 87.0 Å². The Bertz CT molecular complexity index is 1010. The molecule has 0 fully saturated rings. The number of aliphatic hydroxyl groups excluding tert-OH is 2. The minimum absolute atomic E-state index is 0. The summed E-state index contributed by atoms with van der Waals surface area (Å²) in [6.45, 7) is 4.06. The van der Waals surface area contributed by atoms with Gasteiger partial charge in [0.05, 0.1) is 18.6 Å². The summed E-state index contributed by atoms with van der Waals surface area (Å²) in [7, 11) is 0. The Morgan fingerprint density at radius 3 is 2.33 bits per heavy atom. The molecule has 2 aromatic carbocycles. The standard InChI is InChI=1S/C26H29FO5.Na.H/c1-3-26(4-2)22(14-13-19(28)15-20(29)16-24(30)31)25(17-9-11-18(27)12-10-17)21-7-5-6-8-23(21)32-26;;/h5-14,19-20,28-29H,3-4,15-16H2,1-2H3,(H,30,31);;/t19-,20-;;/m1../s1. The van der Waals surface area contributed by atoms with Crippen LogP contribution in [0.5, 0.6) is 5.75 Å². The monoisotopic (exact) mass is 464 g/mol. The van der Waals surface area contributed by atoms with Gasteiger partial charge in [-0.3, -0.25) is 4.79 Å². The molecule has 1 aliphatic heterocycles. The van der Waals surface area contributed by atoms with Crippen LogP contribution in [0.4, 0.5) is 4.39 Å². The number of benzene rings is 2. The molecule has 5 nitrogen and oxygen atoms in total. The Labute approximate surface area is 215 Å². The van der Waals surface area contributed by atoms with Crippen molar-refractivity contribution >= 4 is 41.1 Å². The van der Waals surface area contributed by atoms with Crippen molar-refractivity contribution in [3.63, 3.8) is 0 Å². The number of hydrogen-bond acceptors (Lipinski definition) is 4. The van der Waals surface area contributed by atoms with Crippen molar-refractivity contribution in [1.29, 1.82) is 0 Å². The molecule has 0 aliphatic carbocycles. The van der Waals surface area contributed by atoms with Crippen LogP contribution in [0.3, 0.4) is 0 Å². The van der Waals surface area contributed by atoms with E-state index in [0.29, 0.717) is 12.8 Å². The van der Waals surface area contributed by atoms with Crippen LogP contribution >= 0.6 is 0 Å². The molecular weight excluding hydrogens is 434 g/mol. The molecule has 1 aliphatic rings. The van der Waals surface area contributed by atoms with Crippen LogP contribution in [0.2, 0.25) is 0 Å². The Morgan fingerprint density at radius 2 is 1.73 bits per heavy atom. The van der Waals surface area contributed by atoms with Crippen molar-refractivity contribution in [2.75, 3.05) is 0 Å². The van der Waals surface area contributed by atoms with Gasteiger partial charge in [0.1, 0.15) is 17.2 Å². The van der Waals surface area contributed by atoms with E-state index in [1.54, 1.807) is 24.3 Å². The van der Waals surface area contributed by atoms with E-state index in [-0.39, 0.29) is 41.8 Å². The number of ether oxygens (including phenoxy) is 1. The fourth-order valence-electron chi connectivity index (χ4n) is 4.19. The fraction of sp³-hybridized carbons (Fsp3) is 0.346. The van der Waals surface area contributed by atoms with Crippen LogP contribution in [-0.2, 0) is 4.79 Å². The van der Waals surface area contributed by atoms with Crippen molar-refractivity contribution in [2.24, 2.45) is 0 Å². The van der Waals surface area contributed by atoms with Crippen LogP contribution in [-0.4, -0.2) is 68.7 Å². The van der Waals surface area contributed by atoms with Crippen molar-refractivity contribution in [3.8, 4) is 5.75 Å². The normalized spacial score (nSPS) is 16.5. The molecule has 0 amide bonds. The number of aliphatic carboxylic acids is 1. The summed E-state index contributed by atoms with van der Waals surface area (Å²) in [6, 6.07) is 14.0. The van der Waals surface area contributed by atoms with Crippen molar-refractivity contribution in [1.82, 2.24) is 0 Å². The first-order valence-corrected chi connectivity index (χ1v) is 10.8. The van der Waals surface area contributed by atoms with E-state index in [1.807, 2.05) is 38.1 Å². The molecular formula is C26H30FNaO5. The predicted molar refractivity (Wildman–Crippen MR) is 128 cm³/mol. The number of para-hydroxylation sites is 1. The van der Waals surface area contributed by atoms with Crippen molar-refractivity contribution in [2.45, 2.75) is 57.3 Å². The van der Waals surface area contributed by atoms with E-state index in [2.05, 4.69) is 0 Å². The number of rotatable bonds is 9. The Balaban J connectivity index is 0.00000385. The molecule has 172 valence electrons. The number of carbonyl (C=O) groups is 1. The molecule has 2 aromatic rings. The van der Waals surface area contributed by atoms with Gasteiger partial charge in [-0.1, -0.05) is 56.3 Å². The van der Waals surface area contributed by atoms with Gasteiger partial charge < -0.3 is 20.1 Å². The molecule has 0 spiro atoms. The third-order valence-electron chi connectivity index (χ3n) is 5.91. The zero-order valence-corrected chi connectivity index (χ0v) is 18.3. The average molecular weight is 465 g/mol. The van der Waals surface area contributed by atoms with E-state index in [9.17, 15) is 19.4 Å². The van der Waals surface area contributed by atoms with Gasteiger partial charge in [0.15, 0.2) is 0 Å². The van der Waals surface area contributed by atoms with Crippen LogP contribution in [0.25, 0.3) is 5.57 Å². The number of aliphatic hydroxyl groups is 2. The summed E-state index contributed by atoms with van der Waals surface area (Å²) in [6.07, 6.45) is 1.97. The first kappa shape index (κ1) is 27.3. The fourth-order valence-corrected chi connectivity index (χ4v) is 4.19. The SMILES string of the molecule is CCC1(CC)Oc2ccccc2C(c2ccc(F)cc2)=C1C=C[C@@H](O)C[C@@H](O)CC(=O)O.[NaH]. The second kappa shape index (κ2) is 12.0.